The number of hydrogen-bond acceptors (Lipinski definition) is 6. The Bertz CT molecular complexity index is 846. The van der Waals surface area contributed by atoms with Crippen molar-refractivity contribution in [1.82, 2.24) is 14.5 Å². The molecule has 0 aromatic carbocycles. The van der Waals surface area contributed by atoms with Gasteiger partial charge in [-0.2, -0.15) is 4.36 Å². The lowest BCUT2D eigenvalue weighted by atomic mass is 10.2. The molecule has 1 atom stereocenters. The first-order chi connectivity index (χ1) is 11.3. The van der Waals surface area contributed by atoms with Crippen LogP contribution in [0.1, 0.15) is 6.92 Å². The number of anilines is 1. The summed E-state index contributed by atoms with van der Waals surface area (Å²) in [4.78, 5) is 11.2. The highest BCUT2D eigenvalue weighted by atomic mass is 32.2. The van der Waals surface area contributed by atoms with E-state index in [2.05, 4.69) is 26.2 Å². The Morgan fingerprint density at radius 1 is 1.38 bits per heavy atom. The van der Waals surface area contributed by atoms with Gasteiger partial charge in [-0.1, -0.05) is 0 Å². The zero-order valence-electron chi connectivity index (χ0n) is 14.5. The van der Waals surface area contributed by atoms with Crippen molar-refractivity contribution >= 4 is 21.2 Å². The van der Waals surface area contributed by atoms with E-state index >= 15 is 0 Å². The van der Waals surface area contributed by atoms with Crippen LogP contribution in [0.4, 0.5) is 11.5 Å². The van der Waals surface area contributed by atoms with Gasteiger partial charge >= 0.3 is 0 Å². The fourth-order valence-corrected chi connectivity index (χ4v) is 3.32. The Morgan fingerprint density at radius 2 is 2.17 bits per heavy atom. The predicted molar refractivity (Wildman–Crippen MR) is 96.1 cm³/mol. The maximum atomic E-state index is 12.1. The molecule has 0 amide bonds. The highest BCUT2D eigenvalue weighted by molar-refractivity contribution is 7.92. The quantitative estimate of drug-likeness (QED) is 0.848. The Morgan fingerprint density at radius 3 is 2.79 bits per heavy atom. The van der Waals surface area contributed by atoms with Gasteiger partial charge < -0.3 is 14.2 Å². The van der Waals surface area contributed by atoms with E-state index in [-0.39, 0.29) is 6.04 Å². The van der Waals surface area contributed by atoms with Crippen LogP contribution in [0.3, 0.4) is 0 Å². The summed E-state index contributed by atoms with van der Waals surface area (Å²) in [6.45, 7) is 4.30. The van der Waals surface area contributed by atoms with E-state index in [1.165, 1.54) is 0 Å². The van der Waals surface area contributed by atoms with Crippen molar-refractivity contribution in [3.8, 4) is 11.5 Å². The molecule has 1 aliphatic rings. The van der Waals surface area contributed by atoms with Gasteiger partial charge in [-0.15, -0.1) is 0 Å². The van der Waals surface area contributed by atoms with Crippen LogP contribution < -0.4 is 4.90 Å². The fourth-order valence-electron chi connectivity index (χ4n) is 2.78. The van der Waals surface area contributed by atoms with Gasteiger partial charge in [0, 0.05) is 66.0 Å². The van der Waals surface area contributed by atoms with Gasteiger partial charge in [0.2, 0.25) is 0 Å². The molecular formula is C16H23N5O2S. The van der Waals surface area contributed by atoms with Crippen LogP contribution in [0, 0.1) is 0 Å². The number of aryl methyl sites for hydroxylation is 1. The normalized spacial score (nSPS) is 18.7. The topological polar surface area (TPSA) is 72.6 Å². The lowest BCUT2D eigenvalue weighted by Gasteiger charge is -2.35. The van der Waals surface area contributed by atoms with Gasteiger partial charge in [0.15, 0.2) is 11.6 Å². The monoisotopic (exact) mass is 349 g/mol. The van der Waals surface area contributed by atoms with Crippen molar-refractivity contribution in [3.63, 3.8) is 0 Å². The molecule has 0 unspecified atom stereocenters. The molecule has 8 heteroatoms. The number of nitrogens with zero attached hydrogens (tertiary/aromatic N) is 5. The first-order valence-corrected chi connectivity index (χ1v) is 10.2. The number of hydrogen-bond donors (Lipinski definition) is 0. The average Bonchev–Trinajstić information content (AvgIpc) is 2.92. The molecule has 1 fully saturated rings. The van der Waals surface area contributed by atoms with Crippen molar-refractivity contribution in [1.29, 1.82) is 0 Å². The second kappa shape index (κ2) is 6.52. The molecule has 7 nitrogen and oxygen atoms in total. The number of rotatable bonds is 3. The summed E-state index contributed by atoms with van der Waals surface area (Å²) < 4.78 is 23.8. The summed E-state index contributed by atoms with van der Waals surface area (Å²) in [7, 11) is -0.368. The molecule has 2 aromatic heterocycles. The van der Waals surface area contributed by atoms with Crippen LogP contribution in [-0.2, 0) is 21.5 Å². The molecule has 1 saturated heterocycles. The van der Waals surface area contributed by atoms with Crippen LogP contribution in [0.25, 0.3) is 11.5 Å². The van der Waals surface area contributed by atoms with Crippen molar-refractivity contribution in [2.24, 2.45) is 11.4 Å². The molecule has 0 radical (unpaired) electrons. The van der Waals surface area contributed by atoms with E-state index < -0.39 is 9.73 Å². The molecule has 0 aliphatic carbocycles. The third kappa shape index (κ3) is 3.76. The minimum absolute atomic E-state index is 0.260. The zero-order valence-corrected chi connectivity index (χ0v) is 15.3. The van der Waals surface area contributed by atoms with Crippen molar-refractivity contribution in [2.45, 2.75) is 13.0 Å². The van der Waals surface area contributed by atoms with Crippen LogP contribution in [0.15, 0.2) is 28.9 Å². The summed E-state index contributed by atoms with van der Waals surface area (Å²) in [6.07, 6.45) is 6.83. The molecule has 0 spiro atoms. The Balaban J connectivity index is 2.13. The highest BCUT2D eigenvalue weighted by Crippen LogP contribution is 2.29. The van der Waals surface area contributed by atoms with Gasteiger partial charge in [0.1, 0.15) is 5.69 Å². The van der Waals surface area contributed by atoms with Gasteiger partial charge in [-0.25, -0.2) is 14.2 Å². The van der Waals surface area contributed by atoms with Gasteiger partial charge in [0.25, 0.3) is 0 Å². The summed E-state index contributed by atoms with van der Waals surface area (Å²) in [5.41, 5.74) is 1.72. The fraction of sp³-hybridized carbons (Fsp3) is 0.500. The summed E-state index contributed by atoms with van der Waals surface area (Å²) in [5, 5.41) is 0. The number of imidazole rings is 1. The maximum absolute atomic E-state index is 12.1. The third-order valence-corrected chi connectivity index (χ3v) is 4.49. The number of morpholine rings is 1. The van der Waals surface area contributed by atoms with E-state index in [0.29, 0.717) is 19.0 Å². The van der Waals surface area contributed by atoms with Gasteiger partial charge in [0.05, 0.1) is 13.2 Å². The van der Waals surface area contributed by atoms with E-state index in [9.17, 15) is 4.21 Å². The van der Waals surface area contributed by atoms with Crippen molar-refractivity contribution < 1.29 is 8.95 Å². The molecular weight excluding hydrogens is 326 g/mol. The minimum Gasteiger partial charge on any atom is -0.377 e. The predicted octanol–water partition coefficient (Wildman–Crippen LogP) is 2.07. The number of aromatic nitrogens is 3. The van der Waals surface area contributed by atoms with Gasteiger partial charge in [-0.05, 0) is 13.0 Å². The molecule has 24 heavy (non-hydrogen) atoms. The Labute approximate surface area is 142 Å². The Kier molecular flexibility index (Phi) is 4.60. The Hall–Kier alpha value is -1.93. The first kappa shape index (κ1) is 16.9. The van der Waals surface area contributed by atoms with Crippen molar-refractivity contribution in [3.05, 3.63) is 24.5 Å². The molecule has 2 aromatic rings. The standard InChI is InChI=1S/C16H23N5O2S/c1-12-11-23-8-7-21(12)13-9-14(16-17-5-6-20(16)2)18-15(10-13)19-24(3,4)22/h5-6,9-10,12H,7-8,11H2,1-4H3/t12-/m1/s1. The first-order valence-electron chi connectivity index (χ1n) is 7.85. The summed E-state index contributed by atoms with van der Waals surface area (Å²) >= 11 is 0. The molecule has 0 N–H and O–H groups in total. The van der Waals surface area contributed by atoms with Crippen molar-refractivity contribution in [2.75, 3.05) is 37.2 Å². The smallest absolute Gasteiger partial charge is 0.164 e. The van der Waals surface area contributed by atoms with E-state index in [1.807, 2.05) is 29.9 Å². The maximum Gasteiger partial charge on any atom is 0.164 e. The second-order valence-electron chi connectivity index (χ2n) is 6.32. The van der Waals surface area contributed by atoms with E-state index in [4.69, 9.17) is 4.74 Å². The molecule has 0 bridgehead atoms. The zero-order chi connectivity index (χ0) is 17.3. The SMILES string of the molecule is C[C@@H]1COCCN1c1cc(N=S(C)(C)=O)nc(-c2nccn2C)c1. The van der Waals surface area contributed by atoms with Crippen LogP contribution in [0.2, 0.25) is 0 Å². The molecule has 3 rings (SSSR count). The largest absolute Gasteiger partial charge is 0.377 e. The third-order valence-electron chi connectivity index (χ3n) is 3.86. The lowest BCUT2D eigenvalue weighted by molar-refractivity contribution is 0.0989. The van der Waals surface area contributed by atoms with E-state index in [1.54, 1.807) is 18.7 Å². The van der Waals surface area contributed by atoms with Crippen LogP contribution in [0.5, 0.6) is 0 Å². The lowest BCUT2D eigenvalue weighted by Crippen LogP contribution is -2.43. The summed E-state index contributed by atoms with van der Waals surface area (Å²) in [6, 6.07) is 4.16. The molecule has 1 aliphatic heterocycles. The van der Waals surface area contributed by atoms with Gasteiger partial charge in [-0.3, -0.25) is 0 Å². The van der Waals surface area contributed by atoms with Crippen LogP contribution >= 0.6 is 0 Å². The molecule has 0 saturated carbocycles. The molecule has 3 heterocycles. The van der Waals surface area contributed by atoms with Crippen LogP contribution in [-0.4, -0.2) is 57.1 Å². The molecule has 130 valence electrons. The number of pyridine rings is 1. The number of ether oxygens (including phenoxy) is 1. The van der Waals surface area contributed by atoms with E-state index in [0.717, 1.165) is 23.8 Å². The average molecular weight is 349 g/mol. The highest BCUT2D eigenvalue weighted by Gasteiger charge is 2.21. The minimum atomic E-state index is -2.29. The second-order valence-corrected chi connectivity index (χ2v) is 8.87. The summed E-state index contributed by atoms with van der Waals surface area (Å²) in [5.74, 6) is 1.23.